The number of halogens is 4. The quantitative estimate of drug-likeness (QED) is 0.467. The first-order valence-electron chi connectivity index (χ1n) is 4.84. The minimum atomic E-state index is -6.00. The van der Waals surface area contributed by atoms with E-state index in [0.29, 0.717) is 0 Å². The molecule has 0 atom stereocenters. The molecule has 1 heterocycles. The molecule has 100 valence electrons. The van der Waals surface area contributed by atoms with Gasteiger partial charge in [0.05, 0.1) is 12.3 Å². The lowest BCUT2D eigenvalue weighted by Crippen LogP contribution is -2.35. The molecule has 1 aromatic rings. The van der Waals surface area contributed by atoms with Crippen LogP contribution >= 0.6 is 0 Å². The lowest BCUT2D eigenvalue weighted by molar-refractivity contribution is -0.718. The molecular formula is C7H16BF4N5. The van der Waals surface area contributed by atoms with Crippen LogP contribution in [0.25, 0.3) is 0 Å². The van der Waals surface area contributed by atoms with Crippen LogP contribution in [0.4, 0.5) is 23.2 Å². The monoisotopic (exact) mass is 257 g/mol. The normalized spacial score (nSPS) is 11.8. The molecule has 0 fully saturated rings. The van der Waals surface area contributed by atoms with E-state index in [-0.39, 0.29) is 5.54 Å². The van der Waals surface area contributed by atoms with Crippen LogP contribution in [0.2, 0.25) is 0 Å². The van der Waals surface area contributed by atoms with Gasteiger partial charge < -0.3 is 17.3 Å². The SMILES string of the molecule is CNc1n(C(C)(C)C)nn[n+]1C.F[B-](F)(F)F. The number of anilines is 1. The van der Waals surface area contributed by atoms with Crippen molar-refractivity contribution in [1.82, 2.24) is 15.1 Å². The predicted octanol–water partition coefficient (Wildman–Crippen LogP) is 1.20. The van der Waals surface area contributed by atoms with Crippen molar-refractivity contribution in [2.24, 2.45) is 7.05 Å². The molecule has 17 heavy (non-hydrogen) atoms. The number of tetrazole rings is 1. The summed E-state index contributed by atoms with van der Waals surface area (Å²) in [4.78, 5) is 0. The van der Waals surface area contributed by atoms with Gasteiger partial charge in [0.15, 0.2) is 0 Å². The van der Waals surface area contributed by atoms with Crippen LogP contribution in [0.1, 0.15) is 20.8 Å². The zero-order valence-electron chi connectivity index (χ0n) is 10.4. The molecular weight excluding hydrogens is 241 g/mol. The molecule has 0 aliphatic heterocycles. The van der Waals surface area contributed by atoms with Crippen LogP contribution in [0.15, 0.2) is 0 Å². The van der Waals surface area contributed by atoms with E-state index in [9.17, 15) is 17.3 Å². The fourth-order valence-corrected chi connectivity index (χ4v) is 1.04. The second kappa shape index (κ2) is 5.32. The molecule has 1 rings (SSSR count). The van der Waals surface area contributed by atoms with Crippen molar-refractivity contribution < 1.29 is 21.9 Å². The first-order valence-corrected chi connectivity index (χ1v) is 4.84. The van der Waals surface area contributed by atoms with E-state index in [1.807, 2.05) is 18.8 Å². The average Bonchev–Trinajstić information content (AvgIpc) is 2.42. The smallest absolute Gasteiger partial charge is 0.418 e. The summed E-state index contributed by atoms with van der Waals surface area (Å²) in [6, 6.07) is 0. The third-order valence-corrected chi connectivity index (χ3v) is 1.63. The summed E-state index contributed by atoms with van der Waals surface area (Å²) in [5.74, 6) is 0.905. The average molecular weight is 257 g/mol. The summed E-state index contributed by atoms with van der Waals surface area (Å²) in [5, 5.41) is 11.0. The Morgan fingerprint density at radius 3 is 1.88 bits per heavy atom. The van der Waals surface area contributed by atoms with E-state index in [1.54, 1.807) is 4.68 Å². The predicted molar refractivity (Wildman–Crippen MR) is 55.9 cm³/mol. The Bertz CT molecular complexity index is 350. The Balaban J connectivity index is 0.000000437. The molecule has 0 aliphatic rings. The Hall–Kier alpha value is -1.35. The van der Waals surface area contributed by atoms with E-state index >= 15 is 0 Å². The fourth-order valence-electron chi connectivity index (χ4n) is 1.04. The Labute approximate surface area is 96.9 Å². The minimum Gasteiger partial charge on any atom is -0.418 e. The summed E-state index contributed by atoms with van der Waals surface area (Å²) < 4.78 is 42.6. The summed E-state index contributed by atoms with van der Waals surface area (Å²) in [5.41, 5.74) is -0.0351. The van der Waals surface area contributed by atoms with Crippen LogP contribution in [-0.2, 0) is 12.6 Å². The van der Waals surface area contributed by atoms with E-state index in [2.05, 4.69) is 36.5 Å². The van der Waals surface area contributed by atoms with Crippen molar-refractivity contribution in [1.29, 1.82) is 0 Å². The number of nitrogens with zero attached hydrogens (tertiary/aromatic N) is 4. The highest BCUT2D eigenvalue weighted by Gasteiger charge is 2.27. The van der Waals surface area contributed by atoms with E-state index in [0.717, 1.165) is 5.95 Å². The van der Waals surface area contributed by atoms with Crippen molar-refractivity contribution in [3.63, 3.8) is 0 Å². The first kappa shape index (κ1) is 15.7. The number of aryl methyl sites for hydroxylation is 1. The number of aromatic nitrogens is 4. The van der Waals surface area contributed by atoms with Gasteiger partial charge in [0.1, 0.15) is 10.8 Å². The van der Waals surface area contributed by atoms with E-state index < -0.39 is 7.25 Å². The standard InChI is InChI=1S/C7H15N5.BF4/c1-7(2,3)12-6(8-4)11(5)9-10-12;2-1(3,4)5/h1-5H3;/q;-1/p+1. The molecule has 0 saturated carbocycles. The van der Waals surface area contributed by atoms with Gasteiger partial charge >= 0.3 is 13.2 Å². The van der Waals surface area contributed by atoms with Crippen LogP contribution in [0.3, 0.4) is 0 Å². The molecule has 1 aromatic heterocycles. The minimum absolute atomic E-state index is 0.0351. The van der Waals surface area contributed by atoms with Crippen LogP contribution in [-0.4, -0.2) is 29.4 Å². The van der Waals surface area contributed by atoms with Gasteiger partial charge in [-0.3, -0.25) is 5.32 Å². The Morgan fingerprint density at radius 2 is 1.65 bits per heavy atom. The largest absolute Gasteiger partial charge is 0.673 e. The van der Waals surface area contributed by atoms with Gasteiger partial charge in [0, 0.05) is 7.05 Å². The van der Waals surface area contributed by atoms with Crippen molar-refractivity contribution in [3.05, 3.63) is 0 Å². The van der Waals surface area contributed by atoms with Crippen molar-refractivity contribution >= 4 is 13.2 Å². The zero-order valence-corrected chi connectivity index (χ0v) is 10.4. The number of nitrogens with one attached hydrogen (secondary N) is 1. The molecule has 10 heteroatoms. The number of hydrogen-bond donors (Lipinski definition) is 1. The third kappa shape index (κ3) is 6.08. The maximum Gasteiger partial charge on any atom is 0.673 e. The third-order valence-electron chi connectivity index (χ3n) is 1.63. The van der Waals surface area contributed by atoms with E-state index in [4.69, 9.17) is 0 Å². The topological polar surface area (TPSA) is 46.6 Å². The summed E-state index contributed by atoms with van der Waals surface area (Å²) in [6.07, 6.45) is 0. The maximum absolute atomic E-state index is 9.75. The van der Waals surface area contributed by atoms with Gasteiger partial charge in [0.2, 0.25) is 0 Å². The Morgan fingerprint density at radius 1 is 1.24 bits per heavy atom. The van der Waals surface area contributed by atoms with E-state index in [1.165, 1.54) is 0 Å². The molecule has 5 nitrogen and oxygen atoms in total. The molecule has 0 unspecified atom stereocenters. The van der Waals surface area contributed by atoms with Crippen LogP contribution < -0.4 is 10.00 Å². The molecule has 0 spiro atoms. The molecule has 0 amide bonds. The summed E-state index contributed by atoms with van der Waals surface area (Å²) in [6.45, 7) is 6.26. The second-order valence-electron chi connectivity index (χ2n) is 4.25. The van der Waals surface area contributed by atoms with Crippen molar-refractivity contribution in [2.45, 2.75) is 26.3 Å². The molecule has 0 radical (unpaired) electrons. The van der Waals surface area contributed by atoms with Gasteiger partial charge in [-0.25, -0.2) is 0 Å². The van der Waals surface area contributed by atoms with Crippen molar-refractivity contribution in [3.8, 4) is 0 Å². The lowest BCUT2D eigenvalue weighted by atomic mass is 10.1. The van der Waals surface area contributed by atoms with Gasteiger partial charge in [-0.05, 0) is 20.8 Å². The number of hydrogen-bond acceptors (Lipinski definition) is 3. The summed E-state index contributed by atoms with van der Waals surface area (Å²) in [7, 11) is -2.28. The molecule has 0 aromatic carbocycles. The molecule has 1 N–H and O–H groups in total. The summed E-state index contributed by atoms with van der Waals surface area (Å²) >= 11 is 0. The highest BCUT2D eigenvalue weighted by atomic mass is 19.5. The Kier molecular flexibility index (Phi) is 4.90. The van der Waals surface area contributed by atoms with Crippen molar-refractivity contribution in [2.75, 3.05) is 12.4 Å². The van der Waals surface area contributed by atoms with Gasteiger partial charge in [-0.1, -0.05) is 4.68 Å². The maximum atomic E-state index is 9.75. The van der Waals surface area contributed by atoms with Crippen LogP contribution in [0.5, 0.6) is 0 Å². The molecule has 0 aliphatic carbocycles. The highest BCUT2D eigenvalue weighted by molar-refractivity contribution is 6.50. The first-order chi connectivity index (χ1) is 7.46. The van der Waals surface area contributed by atoms with Crippen LogP contribution in [0, 0.1) is 0 Å². The lowest BCUT2D eigenvalue weighted by Gasteiger charge is -2.13. The van der Waals surface area contributed by atoms with Gasteiger partial charge in [-0.15, -0.1) is 4.68 Å². The zero-order chi connectivity index (χ0) is 13.9. The number of rotatable bonds is 1. The second-order valence-corrected chi connectivity index (χ2v) is 4.25. The fraction of sp³-hybridized carbons (Fsp3) is 0.857. The molecule has 0 bridgehead atoms. The van der Waals surface area contributed by atoms with Gasteiger partial charge in [0.25, 0.3) is 0 Å². The van der Waals surface area contributed by atoms with Gasteiger partial charge in [-0.2, -0.15) is 0 Å². The molecule has 0 saturated heterocycles. The highest BCUT2D eigenvalue weighted by Crippen LogP contribution is 2.14.